The standard InChI is InChI=1S/C16H14BrNO.C2H6/c17-11-12-5-7-13(8-6-12)14-3-1-2-4-15(14)16-18-9-10-19-16;1-2/h1-10,16,18H,11H2;1-2H3. The van der Waals surface area contributed by atoms with Gasteiger partial charge in [-0.05, 0) is 16.7 Å². The van der Waals surface area contributed by atoms with Crippen LogP contribution in [0.25, 0.3) is 11.1 Å². The van der Waals surface area contributed by atoms with E-state index in [0.717, 1.165) is 10.9 Å². The number of rotatable bonds is 3. The van der Waals surface area contributed by atoms with Crippen molar-refractivity contribution in [3.05, 3.63) is 72.1 Å². The lowest BCUT2D eigenvalue weighted by Gasteiger charge is -2.16. The van der Waals surface area contributed by atoms with Crippen LogP contribution in [0.1, 0.15) is 31.2 Å². The minimum atomic E-state index is -0.0907. The molecule has 0 bridgehead atoms. The van der Waals surface area contributed by atoms with Crippen LogP contribution in [0.3, 0.4) is 0 Å². The minimum Gasteiger partial charge on any atom is -0.473 e. The third kappa shape index (κ3) is 3.67. The molecular formula is C18H20BrNO. The average molecular weight is 346 g/mol. The summed E-state index contributed by atoms with van der Waals surface area (Å²) in [6, 6.07) is 16.9. The predicted molar refractivity (Wildman–Crippen MR) is 92.0 cm³/mol. The molecule has 1 aliphatic heterocycles. The highest BCUT2D eigenvalue weighted by Gasteiger charge is 2.17. The van der Waals surface area contributed by atoms with Crippen LogP contribution >= 0.6 is 15.9 Å². The molecule has 3 heteroatoms. The molecule has 0 saturated carbocycles. The summed E-state index contributed by atoms with van der Waals surface area (Å²) in [5.41, 5.74) is 4.83. The third-order valence-electron chi connectivity index (χ3n) is 3.19. The van der Waals surface area contributed by atoms with Crippen molar-refractivity contribution in [3.8, 4) is 11.1 Å². The molecule has 0 aliphatic carbocycles. The van der Waals surface area contributed by atoms with E-state index < -0.39 is 0 Å². The van der Waals surface area contributed by atoms with Gasteiger partial charge < -0.3 is 10.1 Å². The summed E-state index contributed by atoms with van der Waals surface area (Å²) in [4.78, 5) is 0. The van der Waals surface area contributed by atoms with Crippen LogP contribution in [0.5, 0.6) is 0 Å². The second-order valence-electron chi connectivity index (χ2n) is 4.40. The van der Waals surface area contributed by atoms with Gasteiger partial charge in [-0.1, -0.05) is 78.3 Å². The van der Waals surface area contributed by atoms with Crippen molar-refractivity contribution >= 4 is 15.9 Å². The fraction of sp³-hybridized carbons (Fsp3) is 0.222. The molecular weight excluding hydrogens is 326 g/mol. The molecule has 2 aromatic rings. The van der Waals surface area contributed by atoms with Gasteiger partial charge in [-0.15, -0.1) is 0 Å². The number of hydrogen-bond acceptors (Lipinski definition) is 2. The lowest BCUT2D eigenvalue weighted by molar-refractivity contribution is 0.155. The van der Waals surface area contributed by atoms with Crippen molar-refractivity contribution in [2.75, 3.05) is 0 Å². The Kier molecular flexibility index (Phi) is 5.88. The van der Waals surface area contributed by atoms with Crippen LogP contribution in [-0.2, 0) is 10.1 Å². The maximum absolute atomic E-state index is 5.55. The summed E-state index contributed by atoms with van der Waals surface area (Å²) in [5, 5.41) is 4.08. The molecule has 1 aliphatic rings. The first-order valence-corrected chi connectivity index (χ1v) is 8.31. The number of benzene rings is 2. The summed E-state index contributed by atoms with van der Waals surface area (Å²) < 4.78 is 5.55. The first-order chi connectivity index (χ1) is 10.4. The van der Waals surface area contributed by atoms with Crippen molar-refractivity contribution in [2.45, 2.75) is 25.4 Å². The molecule has 3 rings (SSSR count). The zero-order chi connectivity index (χ0) is 15.1. The predicted octanol–water partition coefficient (Wildman–Crippen LogP) is 5.36. The Morgan fingerprint density at radius 1 is 1.05 bits per heavy atom. The van der Waals surface area contributed by atoms with Gasteiger partial charge in [0.05, 0.1) is 0 Å². The van der Waals surface area contributed by atoms with E-state index >= 15 is 0 Å². The Hall–Kier alpha value is -1.74. The highest BCUT2D eigenvalue weighted by atomic mass is 79.9. The summed E-state index contributed by atoms with van der Waals surface area (Å²) in [5.74, 6) is 0. The summed E-state index contributed by atoms with van der Waals surface area (Å²) in [6.07, 6.45) is 3.43. The quantitative estimate of drug-likeness (QED) is 0.755. The first kappa shape index (κ1) is 15.6. The second-order valence-corrected chi connectivity index (χ2v) is 4.96. The van der Waals surface area contributed by atoms with Gasteiger partial charge >= 0.3 is 0 Å². The summed E-state index contributed by atoms with van der Waals surface area (Å²) in [6.45, 7) is 4.00. The largest absolute Gasteiger partial charge is 0.473 e. The Morgan fingerprint density at radius 2 is 1.76 bits per heavy atom. The van der Waals surface area contributed by atoms with Gasteiger partial charge in [-0.2, -0.15) is 0 Å². The molecule has 0 radical (unpaired) electrons. The van der Waals surface area contributed by atoms with Gasteiger partial charge in [0.15, 0.2) is 6.23 Å². The first-order valence-electron chi connectivity index (χ1n) is 7.19. The van der Waals surface area contributed by atoms with E-state index in [1.165, 1.54) is 16.7 Å². The maximum Gasteiger partial charge on any atom is 0.195 e. The Balaban J connectivity index is 0.000000774. The van der Waals surface area contributed by atoms with Gasteiger partial charge in [0.1, 0.15) is 6.26 Å². The van der Waals surface area contributed by atoms with E-state index in [-0.39, 0.29) is 6.23 Å². The van der Waals surface area contributed by atoms with Gasteiger partial charge in [0.2, 0.25) is 0 Å². The Bertz CT molecular complexity index is 584. The van der Waals surface area contributed by atoms with Gasteiger partial charge in [0, 0.05) is 17.1 Å². The van der Waals surface area contributed by atoms with E-state index in [4.69, 9.17) is 4.74 Å². The maximum atomic E-state index is 5.55. The zero-order valence-electron chi connectivity index (χ0n) is 12.3. The molecule has 0 spiro atoms. The van der Waals surface area contributed by atoms with Crippen molar-refractivity contribution < 1.29 is 4.74 Å². The number of ether oxygens (including phenoxy) is 1. The fourth-order valence-electron chi connectivity index (χ4n) is 2.21. The van der Waals surface area contributed by atoms with Crippen molar-refractivity contribution in [2.24, 2.45) is 0 Å². The van der Waals surface area contributed by atoms with Crippen LogP contribution in [-0.4, -0.2) is 0 Å². The molecule has 110 valence electrons. The molecule has 1 atom stereocenters. The van der Waals surface area contributed by atoms with E-state index in [1.807, 2.05) is 26.1 Å². The van der Waals surface area contributed by atoms with Crippen LogP contribution in [0.4, 0.5) is 0 Å². The topological polar surface area (TPSA) is 21.3 Å². The summed E-state index contributed by atoms with van der Waals surface area (Å²) in [7, 11) is 0. The Morgan fingerprint density at radius 3 is 2.38 bits per heavy atom. The SMILES string of the molecule is BrCc1ccc(-c2ccccc2C2NC=CO2)cc1.CC. The second kappa shape index (κ2) is 7.89. The highest BCUT2D eigenvalue weighted by molar-refractivity contribution is 9.08. The number of halogens is 1. The van der Waals surface area contributed by atoms with Crippen LogP contribution in [0.15, 0.2) is 61.0 Å². The van der Waals surface area contributed by atoms with E-state index in [0.29, 0.717) is 0 Å². The summed E-state index contributed by atoms with van der Waals surface area (Å²) >= 11 is 3.47. The van der Waals surface area contributed by atoms with Gasteiger partial charge in [0.25, 0.3) is 0 Å². The Labute approximate surface area is 135 Å². The number of hydrogen-bond donors (Lipinski definition) is 1. The molecule has 0 saturated heterocycles. The molecule has 21 heavy (non-hydrogen) atoms. The molecule has 2 aromatic carbocycles. The minimum absolute atomic E-state index is 0.0907. The fourth-order valence-corrected chi connectivity index (χ4v) is 2.58. The monoisotopic (exact) mass is 345 g/mol. The van der Waals surface area contributed by atoms with Crippen LogP contribution in [0.2, 0.25) is 0 Å². The van der Waals surface area contributed by atoms with Crippen molar-refractivity contribution in [1.29, 1.82) is 0 Å². The van der Waals surface area contributed by atoms with Crippen molar-refractivity contribution in [3.63, 3.8) is 0 Å². The van der Waals surface area contributed by atoms with E-state index in [1.54, 1.807) is 6.26 Å². The molecule has 0 aromatic heterocycles. The highest BCUT2D eigenvalue weighted by Crippen LogP contribution is 2.30. The van der Waals surface area contributed by atoms with Gasteiger partial charge in [-0.25, -0.2) is 0 Å². The van der Waals surface area contributed by atoms with E-state index in [9.17, 15) is 0 Å². The smallest absolute Gasteiger partial charge is 0.195 e. The van der Waals surface area contributed by atoms with Crippen LogP contribution in [0, 0.1) is 0 Å². The van der Waals surface area contributed by atoms with Crippen molar-refractivity contribution in [1.82, 2.24) is 5.32 Å². The third-order valence-corrected chi connectivity index (χ3v) is 3.84. The normalized spacial score (nSPS) is 15.7. The zero-order valence-corrected chi connectivity index (χ0v) is 13.9. The molecule has 0 amide bonds. The lowest BCUT2D eigenvalue weighted by atomic mass is 9.98. The molecule has 1 unspecified atom stereocenters. The average Bonchev–Trinajstić information content (AvgIpc) is 3.11. The molecule has 0 fully saturated rings. The lowest BCUT2D eigenvalue weighted by Crippen LogP contribution is -2.12. The molecule has 2 nitrogen and oxygen atoms in total. The number of nitrogens with one attached hydrogen (secondary N) is 1. The van der Waals surface area contributed by atoms with Crippen LogP contribution < -0.4 is 5.32 Å². The van der Waals surface area contributed by atoms with E-state index in [2.05, 4.69) is 63.7 Å². The molecule has 1 heterocycles. The number of alkyl halides is 1. The molecule has 1 N–H and O–H groups in total. The van der Waals surface area contributed by atoms with Gasteiger partial charge in [-0.3, -0.25) is 0 Å².